The largest absolute Gasteiger partial charge is 0.396 e. The molecular weight excluding hydrogens is 154 g/mol. The van der Waals surface area contributed by atoms with Crippen molar-refractivity contribution in [3.05, 3.63) is 30.1 Å². The number of hydrogen-bond donors (Lipinski definition) is 2. The Hall–Kier alpha value is -0.930. The SMILES string of the molecule is OCCC(CO)c1ccccn1. The second-order valence-corrected chi connectivity index (χ2v) is 2.65. The monoisotopic (exact) mass is 167 g/mol. The van der Waals surface area contributed by atoms with E-state index in [9.17, 15) is 0 Å². The molecule has 0 bridgehead atoms. The lowest BCUT2D eigenvalue weighted by atomic mass is 10.0. The van der Waals surface area contributed by atoms with Crippen molar-refractivity contribution in [2.45, 2.75) is 12.3 Å². The first kappa shape index (κ1) is 9.16. The lowest BCUT2D eigenvalue weighted by Gasteiger charge is -2.10. The summed E-state index contributed by atoms with van der Waals surface area (Å²) in [6.07, 6.45) is 2.25. The molecule has 1 unspecified atom stereocenters. The number of aliphatic hydroxyl groups excluding tert-OH is 2. The molecule has 1 heterocycles. The predicted molar refractivity (Wildman–Crippen MR) is 45.8 cm³/mol. The maximum Gasteiger partial charge on any atom is 0.0515 e. The van der Waals surface area contributed by atoms with Crippen molar-refractivity contribution in [1.29, 1.82) is 0 Å². The van der Waals surface area contributed by atoms with E-state index >= 15 is 0 Å². The van der Waals surface area contributed by atoms with Crippen molar-refractivity contribution in [2.75, 3.05) is 13.2 Å². The van der Waals surface area contributed by atoms with Crippen LogP contribution >= 0.6 is 0 Å². The molecule has 0 aliphatic carbocycles. The number of aliphatic hydroxyl groups is 2. The minimum Gasteiger partial charge on any atom is -0.396 e. The Morgan fingerprint density at radius 2 is 2.17 bits per heavy atom. The van der Waals surface area contributed by atoms with E-state index in [1.807, 2.05) is 18.2 Å². The Kier molecular flexibility index (Phi) is 3.70. The van der Waals surface area contributed by atoms with Crippen LogP contribution in [0.4, 0.5) is 0 Å². The van der Waals surface area contributed by atoms with Gasteiger partial charge >= 0.3 is 0 Å². The molecule has 0 aromatic carbocycles. The first-order chi connectivity index (χ1) is 5.88. The molecule has 66 valence electrons. The zero-order valence-corrected chi connectivity index (χ0v) is 6.85. The molecule has 0 spiro atoms. The summed E-state index contributed by atoms with van der Waals surface area (Å²) >= 11 is 0. The molecule has 1 rings (SSSR count). The van der Waals surface area contributed by atoms with E-state index in [0.717, 1.165) is 5.69 Å². The van der Waals surface area contributed by atoms with E-state index in [1.165, 1.54) is 0 Å². The summed E-state index contributed by atoms with van der Waals surface area (Å²) in [5, 5.41) is 17.6. The smallest absolute Gasteiger partial charge is 0.0515 e. The van der Waals surface area contributed by atoms with Crippen LogP contribution in [0.3, 0.4) is 0 Å². The molecule has 1 aromatic rings. The molecule has 0 saturated heterocycles. The number of rotatable bonds is 4. The molecule has 1 aromatic heterocycles. The Labute approximate surface area is 71.7 Å². The third-order valence-electron chi connectivity index (χ3n) is 1.80. The van der Waals surface area contributed by atoms with Gasteiger partial charge in [0.15, 0.2) is 0 Å². The average molecular weight is 167 g/mol. The summed E-state index contributed by atoms with van der Waals surface area (Å²) in [6.45, 7) is 0.124. The van der Waals surface area contributed by atoms with Gasteiger partial charge in [0.1, 0.15) is 0 Å². The molecule has 0 fully saturated rings. The van der Waals surface area contributed by atoms with Gasteiger partial charge in [-0.25, -0.2) is 0 Å². The van der Waals surface area contributed by atoms with Crippen molar-refractivity contribution in [2.24, 2.45) is 0 Å². The summed E-state index contributed by atoms with van der Waals surface area (Å²) in [4.78, 5) is 4.10. The fraction of sp³-hybridized carbons (Fsp3) is 0.444. The first-order valence-electron chi connectivity index (χ1n) is 4.01. The Morgan fingerprint density at radius 1 is 1.33 bits per heavy atom. The van der Waals surface area contributed by atoms with Crippen molar-refractivity contribution in [3.8, 4) is 0 Å². The first-order valence-corrected chi connectivity index (χ1v) is 4.01. The van der Waals surface area contributed by atoms with Gasteiger partial charge in [-0.05, 0) is 18.6 Å². The van der Waals surface area contributed by atoms with Gasteiger partial charge in [0.05, 0.1) is 6.61 Å². The Balaban J connectivity index is 2.66. The zero-order valence-electron chi connectivity index (χ0n) is 6.85. The molecule has 1 atom stereocenters. The van der Waals surface area contributed by atoms with Gasteiger partial charge in [-0.2, -0.15) is 0 Å². The number of aromatic nitrogens is 1. The van der Waals surface area contributed by atoms with Crippen molar-refractivity contribution >= 4 is 0 Å². The maximum absolute atomic E-state index is 8.96. The molecule has 0 saturated carbocycles. The predicted octanol–water partition coefficient (Wildman–Crippen LogP) is 0.540. The molecule has 0 radical (unpaired) electrons. The van der Waals surface area contributed by atoms with Crippen molar-refractivity contribution in [3.63, 3.8) is 0 Å². The molecule has 0 aliphatic heterocycles. The quantitative estimate of drug-likeness (QED) is 0.688. The number of pyridine rings is 1. The highest BCUT2D eigenvalue weighted by atomic mass is 16.3. The topological polar surface area (TPSA) is 53.4 Å². The van der Waals surface area contributed by atoms with Gasteiger partial charge in [-0.1, -0.05) is 6.07 Å². The van der Waals surface area contributed by atoms with Gasteiger partial charge in [-0.3, -0.25) is 4.98 Å². The van der Waals surface area contributed by atoms with Crippen LogP contribution in [0, 0.1) is 0 Å². The van der Waals surface area contributed by atoms with Gasteiger partial charge in [0.25, 0.3) is 0 Å². The summed E-state index contributed by atoms with van der Waals surface area (Å²) in [7, 11) is 0. The molecule has 0 aliphatic rings. The van der Waals surface area contributed by atoms with Crippen molar-refractivity contribution in [1.82, 2.24) is 4.98 Å². The molecule has 0 amide bonds. The Bertz CT molecular complexity index is 213. The van der Waals surface area contributed by atoms with Crippen LogP contribution in [-0.4, -0.2) is 28.4 Å². The van der Waals surface area contributed by atoms with Gasteiger partial charge in [-0.15, -0.1) is 0 Å². The normalized spacial score (nSPS) is 12.8. The Morgan fingerprint density at radius 3 is 2.67 bits per heavy atom. The lowest BCUT2D eigenvalue weighted by molar-refractivity contribution is 0.218. The highest BCUT2D eigenvalue weighted by molar-refractivity contribution is 5.09. The molecular formula is C9H13NO2. The van der Waals surface area contributed by atoms with E-state index in [4.69, 9.17) is 10.2 Å². The van der Waals surface area contributed by atoms with Crippen LogP contribution in [0.25, 0.3) is 0 Å². The lowest BCUT2D eigenvalue weighted by Crippen LogP contribution is -2.07. The fourth-order valence-electron chi connectivity index (χ4n) is 1.11. The van der Waals surface area contributed by atoms with Crippen LogP contribution in [0.2, 0.25) is 0 Å². The number of hydrogen-bond acceptors (Lipinski definition) is 3. The molecule has 12 heavy (non-hydrogen) atoms. The van der Waals surface area contributed by atoms with Gasteiger partial charge < -0.3 is 10.2 Å². The number of nitrogens with zero attached hydrogens (tertiary/aromatic N) is 1. The summed E-state index contributed by atoms with van der Waals surface area (Å²) in [5.74, 6) is -0.0313. The standard InChI is InChI=1S/C9H13NO2/c11-6-4-8(7-12)9-3-1-2-5-10-9/h1-3,5,8,11-12H,4,6-7H2. The summed E-state index contributed by atoms with van der Waals surface area (Å²) in [6, 6.07) is 5.57. The third-order valence-corrected chi connectivity index (χ3v) is 1.80. The molecule has 2 N–H and O–H groups in total. The minimum absolute atomic E-state index is 0.0313. The van der Waals surface area contributed by atoms with Crippen LogP contribution in [0.5, 0.6) is 0 Å². The second kappa shape index (κ2) is 4.85. The van der Waals surface area contributed by atoms with E-state index in [-0.39, 0.29) is 19.1 Å². The minimum atomic E-state index is -0.0313. The van der Waals surface area contributed by atoms with E-state index in [1.54, 1.807) is 6.20 Å². The van der Waals surface area contributed by atoms with Gasteiger partial charge in [0, 0.05) is 24.4 Å². The highest BCUT2D eigenvalue weighted by Gasteiger charge is 2.09. The highest BCUT2D eigenvalue weighted by Crippen LogP contribution is 2.15. The van der Waals surface area contributed by atoms with Crippen LogP contribution < -0.4 is 0 Å². The van der Waals surface area contributed by atoms with Crippen LogP contribution in [0.15, 0.2) is 24.4 Å². The van der Waals surface area contributed by atoms with E-state index in [2.05, 4.69) is 4.98 Å². The van der Waals surface area contributed by atoms with E-state index in [0.29, 0.717) is 6.42 Å². The zero-order chi connectivity index (χ0) is 8.81. The maximum atomic E-state index is 8.96. The summed E-state index contributed by atoms with van der Waals surface area (Å²) in [5.41, 5.74) is 0.842. The van der Waals surface area contributed by atoms with Crippen LogP contribution in [0.1, 0.15) is 18.0 Å². The van der Waals surface area contributed by atoms with Gasteiger partial charge in [0.2, 0.25) is 0 Å². The average Bonchev–Trinajstić information content (AvgIpc) is 2.15. The third kappa shape index (κ3) is 2.29. The van der Waals surface area contributed by atoms with Crippen molar-refractivity contribution < 1.29 is 10.2 Å². The fourth-order valence-corrected chi connectivity index (χ4v) is 1.11. The second-order valence-electron chi connectivity index (χ2n) is 2.65. The summed E-state index contributed by atoms with van der Waals surface area (Å²) < 4.78 is 0. The van der Waals surface area contributed by atoms with E-state index < -0.39 is 0 Å². The molecule has 3 heteroatoms. The molecule has 3 nitrogen and oxygen atoms in total. The van der Waals surface area contributed by atoms with Crippen LogP contribution in [-0.2, 0) is 0 Å².